The summed E-state index contributed by atoms with van der Waals surface area (Å²) < 4.78 is 0. The summed E-state index contributed by atoms with van der Waals surface area (Å²) in [5.74, 6) is 1.03. The van der Waals surface area contributed by atoms with E-state index in [4.69, 9.17) is 10.7 Å². The van der Waals surface area contributed by atoms with Crippen molar-refractivity contribution >= 4 is 11.5 Å². The third kappa shape index (κ3) is 1.84. The summed E-state index contributed by atoms with van der Waals surface area (Å²) in [7, 11) is 0. The highest BCUT2D eigenvalue weighted by atomic mass is 16.3. The second-order valence-corrected chi connectivity index (χ2v) is 4.85. The number of benzene rings is 1. The first-order valence-corrected chi connectivity index (χ1v) is 6.17. The predicted molar refractivity (Wildman–Crippen MR) is 68.2 cm³/mol. The van der Waals surface area contributed by atoms with Crippen LogP contribution in [0.2, 0.25) is 0 Å². The Balaban J connectivity index is 1.87. The molecule has 1 aromatic carbocycles. The smallest absolute Gasteiger partial charge is 0.139 e. The Morgan fingerprint density at radius 3 is 2.88 bits per heavy atom. The van der Waals surface area contributed by atoms with Crippen LogP contribution in [0.25, 0.3) is 0 Å². The van der Waals surface area contributed by atoms with Crippen LogP contribution in [-0.2, 0) is 0 Å². The Morgan fingerprint density at radius 1 is 1.29 bits per heavy atom. The van der Waals surface area contributed by atoms with Crippen molar-refractivity contribution in [3.63, 3.8) is 0 Å². The molecule has 2 atom stereocenters. The third-order valence-corrected chi connectivity index (χ3v) is 3.65. The van der Waals surface area contributed by atoms with Crippen LogP contribution >= 0.6 is 0 Å². The molecule has 4 nitrogen and oxygen atoms in total. The van der Waals surface area contributed by atoms with Gasteiger partial charge in [-0.1, -0.05) is 12.8 Å². The van der Waals surface area contributed by atoms with Gasteiger partial charge < -0.3 is 16.2 Å². The molecule has 1 aliphatic heterocycles. The Hall–Kier alpha value is -1.71. The molecule has 90 valence electrons. The normalized spacial score (nSPS) is 27.2. The molecular formula is C13H17N3O. The number of nitrogens with zero attached hydrogens (tertiary/aromatic N) is 1. The van der Waals surface area contributed by atoms with Gasteiger partial charge >= 0.3 is 0 Å². The summed E-state index contributed by atoms with van der Waals surface area (Å²) >= 11 is 0. The fourth-order valence-corrected chi connectivity index (χ4v) is 2.66. The van der Waals surface area contributed by atoms with E-state index in [0.717, 1.165) is 11.4 Å². The molecule has 4 heteroatoms. The Morgan fingerprint density at radius 2 is 2.12 bits per heavy atom. The van der Waals surface area contributed by atoms with Crippen LogP contribution in [0.5, 0.6) is 5.75 Å². The third-order valence-electron chi connectivity index (χ3n) is 3.65. The molecular weight excluding hydrogens is 214 g/mol. The molecule has 3 rings (SSSR count). The maximum atomic E-state index is 9.61. The number of anilines is 1. The van der Waals surface area contributed by atoms with Gasteiger partial charge in [0.2, 0.25) is 0 Å². The second-order valence-electron chi connectivity index (χ2n) is 4.85. The van der Waals surface area contributed by atoms with E-state index in [0.29, 0.717) is 17.8 Å². The maximum Gasteiger partial charge on any atom is 0.139 e. The van der Waals surface area contributed by atoms with Gasteiger partial charge in [0.25, 0.3) is 0 Å². The van der Waals surface area contributed by atoms with Crippen LogP contribution in [0.15, 0.2) is 23.2 Å². The van der Waals surface area contributed by atoms with Gasteiger partial charge in [-0.3, -0.25) is 4.99 Å². The number of hydrogen-bond donors (Lipinski definition) is 3. The highest BCUT2D eigenvalue weighted by molar-refractivity contribution is 6.01. The van der Waals surface area contributed by atoms with Gasteiger partial charge in [-0.15, -0.1) is 0 Å². The zero-order chi connectivity index (χ0) is 11.8. The Kier molecular flexibility index (Phi) is 2.42. The highest BCUT2D eigenvalue weighted by Gasteiger charge is 2.31. The monoisotopic (exact) mass is 231 g/mol. The van der Waals surface area contributed by atoms with Gasteiger partial charge in [0.05, 0.1) is 11.7 Å². The average Bonchev–Trinajstić information content (AvgIpc) is 2.76. The molecule has 0 unspecified atom stereocenters. The number of aliphatic imine (C=N–C) groups is 1. The number of nitrogens with one attached hydrogen (secondary N) is 1. The molecule has 0 aromatic heterocycles. The maximum absolute atomic E-state index is 9.61. The standard InChI is InChI=1S/C13H17N3O/c14-9-6-5-8(7-12(9)17)13-15-10-3-1-2-4-11(10)16-13/h5-7,10-11,17H,1-4,14H2,(H,15,16)/t10-,11+. The summed E-state index contributed by atoms with van der Waals surface area (Å²) in [5, 5.41) is 13.1. The molecule has 1 aromatic rings. The minimum atomic E-state index is 0.127. The average molecular weight is 231 g/mol. The van der Waals surface area contributed by atoms with E-state index < -0.39 is 0 Å². The van der Waals surface area contributed by atoms with E-state index in [1.165, 1.54) is 25.7 Å². The van der Waals surface area contributed by atoms with Crippen LogP contribution in [0.4, 0.5) is 5.69 Å². The quantitative estimate of drug-likeness (QED) is 0.508. The first-order chi connectivity index (χ1) is 8.24. The molecule has 2 aliphatic rings. The van der Waals surface area contributed by atoms with Crippen molar-refractivity contribution in [3.8, 4) is 5.75 Å². The van der Waals surface area contributed by atoms with Crippen molar-refractivity contribution < 1.29 is 5.11 Å². The summed E-state index contributed by atoms with van der Waals surface area (Å²) in [5.41, 5.74) is 6.92. The van der Waals surface area contributed by atoms with E-state index in [1.54, 1.807) is 12.1 Å². The van der Waals surface area contributed by atoms with E-state index >= 15 is 0 Å². The van der Waals surface area contributed by atoms with Gasteiger partial charge in [-0.25, -0.2) is 0 Å². The lowest BCUT2D eigenvalue weighted by Crippen LogP contribution is -2.36. The number of phenols is 1. The summed E-state index contributed by atoms with van der Waals surface area (Å²) in [4.78, 5) is 4.70. The minimum absolute atomic E-state index is 0.127. The summed E-state index contributed by atoms with van der Waals surface area (Å²) in [6.07, 6.45) is 4.91. The molecule has 0 spiro atoms. The Bertz CT molecular complexity index is 470. The number of nitrogens with two attached hydrogens (primary N) is 1. The van der Waals surface area contributed by atoms with Crippen LogP contribution in [-0.4, -0.2) is 23.0 Å². The van der Waals surface area contributed by atoms with E-state index in [9.17, 15) is 5.11 Å². The van der Waals surface area contributed by atoms with E-state index in [-0.39, 0.29) is 5.75 Å². The van der Waals surface area contributed by atoms with Crippen LogP contribution in [0.3, 0.4) is 0 Å². The van der Waals surface area contributed by atoms with Gasteiger partial charge in [-0.05, 0) is 31.0 Å². The van der Waals surface area contributed by atoms with Gasteiger partial charge in [-0.2, -0.15) is 0 Å². The number of aromatic hydroxyl groups is 1. The number of nitrogen functional groups attached to an aromatic ring is 1. The van der Waals surface area contributed by atoms with Gasteiger partial charge in [0.1, 0.15) is 11.6 Å². The molecule has 17 heavy (non-hydrogen) atoms. The van der Waals surface area contributed by atoms with Crippen molar-refractivity contribution in [3.05, 3.63) is 23.8 Å². The molecule has 1 fully saturated rings. The number of fused-ring (bicyclic) bond motifs is 1. The van der Waals surface area contributed by atoms with Crippen molar-refractivity contribution in [1.29, 1.82) is 0 Å². The molecule has 1 heterocycles. The van der Waals surface area contributed by atoms with Crippen molar-refractivity contribution in [2.24, 2.45) is 4.99 Å². The zero-order valence-corrected chi connectivity index (χ0v) is 9.69. The lowest BCUT2D eigenvalue weighted by atomic mass is 9.92. The first-order valence-electron chi connectivity index (χ1n) is 6.17. The molecule has 0 saturated heterocycles. The fourth-order valence-electron chi connectivity index (χ4n) is 2.66. The minimum Gasteiger partial charge on any atom is -0.506 e. The first kappa shape index (κ1) is 10.4. The zero-order valence-electron chi connectivity index (χ0n) is 9.69. The number of phenolic OH excluding ortho intramolecular Hbond substituents is 1. The fraction of sp³-hybridized carbons (Fsp3) is 0.462. The Labute approximate surface area is 101 Å². The number of rotatable bonds is 1. The molecule has 0 amide bonds. The predicted octanol–water partition coefficient (Wildman–Crippen LogP) is 1.64. The van der Waals surface area contributed by atoms with Crippen molar-refractivity contribution in [2.45, 2.75) is 37.8 Å². The molecule has 0 bridgehead atoms. The van der Waals surface area contributed by atoms with Gasteiger partial charge in [0, 0.05) is 11.6 Å². The van der Waals surface area contributed by atoms with Gasteiger partial charge in [0.15, 0.2) is 0 Å². The highest BCUT2D eigenvalue weighted by Crippen LogP contribution is 2.27. The summed E-state index contributed by atoms with van der Waals surface area (Å²) in [6.45, 7) is 0. The van der Waals surface area contributed by atoms with E-state index in [1.807, 2.05) is 6.07 Å². The summed E-state index contributed by atoms with van der Waals surface area (Å²) in [6, 6.07) is 6.20. The lowest BCUT2D eigenvalue weighted by molar-refractivity contribution is 0.385. The van der Waals surface area contributed by atoms with Crippen molar-refractivity contribution in [2.75, 3.05) is 5.73 Å². The topological polar surface area (TPSA) is 70.6 Å². The second kappa shape index (κ2) is 3.95. The molecule has 4 N–H and O–H groups in total. The molecule has 0 radical (unpaired) electrons. The molecule has 1 aliphatic carbocycles. The number of hydrogen-bond acceptors (Lipinski definition) is 4. The number of amidine groups is 1. The lowest BCUT2D eigenvalue weighted by Gasteiger charge is -2.23. The SMILES string of the molecule is Nc1ccc(C2=N[C@@H]3CCCC[C@@H]3N2)cc1O. The van der Waals surface area contributed by atoms with Crippen LogP contribution in [0.1, 0.15) is 31.2 Å². The molecule has 1 saturated carbocycles. The van der Waals surface area contributed by atoms with Crippen LogP contribution < -0.4 is 11.1 Å². The largest absolute Gasteiger partial charge is 0.506 e. The van der Waals surface area contributed by atoms with Crippen LogP contribution in [0, 0.1) is 0 Å². The van der Waals surface area contributed by atoms with Crippen molar-refractivity contribution in [1.82, 2.24) is 5.32 Å². The van der Waals surface area contributed by atoms with E-state index in [2.05, 4.69) is 5.32 Å².